The van der Waals surface area contributed by atoms with E-state index < -0.39 is 11.6 Å². The number of halogens is 3. The molecule has 0 atom stereocenters. The van der Waals surface area contributed by atoms with Crippen LogP contribution < -0.4 is 0 Å². The summed E-state index contributed by atoms with van der Waals surface area (Å²) < 4.78 is 26.0. The number of aromatic nitrogens is 1. The molecule has 0 unspecified atom stereocenters. The van der Waals surface area contributed by atoms with Crippen LogP contribution in [0.1, 0.15) is 21.6 Å². The fourth-order valence-corrected chi connectivity index (χ4v) is 2.21. The van der Waals surface area contributed by atoms with Crippen molar-refractivity contribution in [2.75, 3.05) is 7.05 Å². The number of benzene rings is 1. The van der Waals surface area contributed by atoms with E-state index in [0.29, 0.717) is 16.8 Å². The molecule has 1 amide bonds. The second-order valence-electron chi connectivity index (χ2n) is 4.73. The van der Waals surface area contributed by atoms with E-state index in [4.69, 9.17) is 11.6 Å². The van der Waals surface area contributed by atoms with E-state index in [1.807, 2.05) is 0 Å². The topological polar surface area (TPSA) is 33.2 Å². The fourth-order valence-electron chi connectivity index (χ4n) is 1.96. The van der Waals surface area contributed by atoms with E-state index in [1.54, 1.807) is 20.0 Å². The summed E-state index contributed by atoms with van der Waals surface area (Å²) in [5, 5.41) is 0.236. The van der Waals surface area contributed by atoms with Crippen molar-refractivity contribution in [1.82, 2.24) is 9.88 Å². The average molecular weight is 311 g/mol. The maximum atomic E-state index is 13.2. The van der Waals surface area contributed by atoms with E-state index in [0.717, 1.165) is 12.1 Å². The Morgan fingerprint density at radius 2 is 1.95 bits per heavy atom. The number of carbonyl (C=O) groups is 1. The van der Waals surface area contributed by atoms with Gasteiger partial charge in [0.2, 0.25) is 0 Å². The molecule has 21 heavy (non-hydrogen) atoms. The molecule has 0 aliphatic carbocycles. The summed E-state index contributed by atoms with van der Waals surface area (Å²) in [6.07, 6.45) is 0. The molecule has 0 aliphatic heterocycles. The molecule has 0 fully saturated rings. The van der Waals surface area contributed by atoms with Gasteiger partial charge in [-0.15, -0.1) is 0 Å². The molecule has 0 saturated carbocycles. The third kappa shape index (κ3) is 3.76. The minimum absolute atomic E-state index is 0.162. The second kappa shape index (κ2) is 6.18. The van der Waals surface area contributed by atoms with E-state index in [9.17, 15) is 13.6 Å². The predicted octanol–water partition coefficient (Wildman–Crippen LogP) is 3.59. The van der Waals surface area contributed by atoms with E-state index >= 15 is 0 Å². The van der Waals surface area contributed by atoms with Crippen LogP contribution in [0, 0.1) is 18.6 Å². The lowest BCUT2D eigenvalue weighted by Gasteiger charge is -2.17. The summed E-state index contributed by atoms with van der Waals surface area (Å²) >= 11 is 5.82. The summed E-state index contributed by atoms with van der Waals surface area (Å²) in [6.45, 7) is 1.90. The van der Waals surface area contributed by atoms with Gasteiger partial charge in [-0.2, -0.15) is 0 Å². The number of pyridine rings is 1. The SMILES string of the molecule is Cc1cc(C(=O)N(C)Cc2ccc(F)c(F)c2)cc(Cl)n1. The number of rotatable bonds is 3. The lowest BCUT2D eigenvalue weighted by atomic mass is 10.1. The average Bonchev–Trinajstić information content (AvgIpc) is 2.41. The van der Waals surface area contributed by atoms with Crippen LogP contribution in [0.3, 0.4) is 0 Å². The van der Waals surface area contributed by atoms with Gasteiger partial charge in [0, 0.05) is 24.8 Å². The maximum absolute atomic E-state index is 13.2. The van der Waals surface area contributed by atoms with Gasteiger partial charge < -0.3 is 4.90 Å². The Hall–Kier alpha value is -2.01. The van der Waals surface area contributed by atoms with Crippen LogP contribution in [0.4, 0.5) is 8.78 Å². The molecule has 0 radical (unpaired) electrons. The standard InChI is InChI=1S/C15H13ClF2N2O/c1-9-5-11(7-14(16)19-9)15(21)20(2)8-10-3-4-12(17)13(18)6-10/h3-7H,8H2,1-2H3. The van der Waals surface area contributed by atoms with Crippen molar-refractivity contribution in [1.29, 1.82) is 0 Å². The molecular weight excluding hydrogens is 298 g/mol. The van der Waals surface area contributed by atoms with E-state index in [-0.39, 0.29) is 17.6 Å². The number of carbonyl (C=O) groups excluding carboxylic acids is 1. The number of nitrogens with zero attached hydrogens (tertiary/aromatic N) is 2. The van der Waals surface area contributed by atoms with Crippen LogP contribution in [-0.2, 0) is 6.54 Å². The van der Waals surface area contributed by atoms with Gasteiger partial charge in [0.25, 0.3) is 5.91 Å². The molecule has 0 N–H and O–H groups in total. The van der Waals surface area contributed by atoms with Crippen molar-refractivity contribution in [2.24, 2.45) is 0 Å². The zero-order chi connectivity index (χ0) is 15.6. The lowest BCUT2D eigenvalue weighted by molar-refractivity contribution is 0.0784. The Morgan fingerprint density at radius 1 is 1.24 bits per heavy atom. The third-order valence-corrected chi connectivity index (χ3v) is 3.11. The molecule has 0 aliphatic rings. The summed E-state index contributed by atoms with van der Waals surface area (Å²) in [5.41, 5.74) is 1.53. The molecule has 2 aromatic rings. The van der Waals surface area contributed by atoms with Crippen LogP contribution in [0.5, 0.6) is 0 Å². The predicted molar refractivity (Wildman–Crippen MR) is 76.1 cm³/mol. The first-order valence-electron chi connectivity index (χ1n) is 6.20. The Morgan fingerprint density at radius 3 is 2.57 bits per heavy atom. The molecule has 1 aromatic heterocycles. The van der Waals surface area contributed by atoms with Gasteiger partial charge in [-0.1, -0.05) is 17.7 Å². The number of aryl methyl sites for hydroxylation is 1. The third-order valence-electron chi connectivity index (χ3n) is 2.92. The second-order valence-corrected chi connectivity index (χ2v) is 5.12. The van der Waals surface area contributed by atoms with Crippen LogP contribution in [-0.4, -0.2) is 22.8 Å². The minimum Gasteiger partial charge on any atom is -0.337 e. The normalized spacial score (nSPS) is 10.5. The molecular formula is C15H13ClF2N2O. The van der Waals surface area contributed by atoms with Crippen LogP contribution in [0.15, 0.2) is 30.3 Å². The Kier molecular flexibility index (Phi) is 4.53. The highest BCUT2D eigenvalue weighted by Crippen LogP contribution is 2.15. The number of hydrogen-bond acceptors (Lipinski definition) is 2. The lowest BCUT2D eigenvalue weighted by Crippen LogP contribution is -2.26. The Labute approximate surface area is 126 Å². The Balaban J connectivity index is 2.17. The van der Waals surface area contributed by atoms with Gasteiger partial charge in [0.15, 0.2) is 11.6 Å². The molecule has 110 valence electrons. The molecule has 2 rings (SSSR count). The molecule has 6 heteroatoms. The summed E-state index contributed by atoms with van der Waals surface area (Å²) in [4.78, 5) is 17.7. The van der Waals surface area contributed by atoms with Crippen molar-refractivity contribution in [2.45, 2.75) is 13.5 Å². The smallest absolute Gasteiger partial charge is 0.254 e. The largest absolute Gasteiger partial charge is 0.337 e. The zero-order valence-electron chi connectivity index (χ0n) is 11.5. The first kappa shape index (κ1) is 15.4. The van der Waals surface area contributed by atoms with Gasteiger partial charge >= 0.3 is 0 Å². The first-order chi connectivity index (χ1) is 9.86. The van der Waals surface area contributed by atoms with Gasteiger partial charge in [0.05, 0.1) is 0 Å². The van der Waals surface area contributed by atoms with Crippen molar-refractivity contribution < 1.29 is 13.6 Å². The van der Waals surface area contributed by atoms with Gasteiger partial charge in [0.1, 0.15) is 5.15 Å². The minimum atomic E-state index is -0.934. The van der Waals surface area contributed by atoms with Crippen molar-refractivity contribution in [3.05, 3.63) is 63.9 Å². The highest BCUT2D eigenvalue weighted by molar-refractivity contribution is 6.29. The van der Waals surface area contributed by atoms with Crippen LogP contribution >= 0.6 is 11.6 Å². The Bertz CT molecular complexity index is 671. The molecule has 0 saturated heterocycles. The molecule has 1 heterocycles. The molecule has 3 nitrogen and oxygen atoms in total. The van der Waals surface area contributed by atoms with Crippen molar-refractivity contribution >= 4 is 17.5 Å². The molecule has 0 bridgehead atoms. The molecule has 1 aromatic carbocycles. The van der Waals surface area contributed by atoms with Crippen molar-refractivity contribution in [3.8, 4) is 0 Å². The van der Waals surface area contributed by atoms with Gasteiger partial charge in [-0.3, -0.25) is 4.79 Å². The van der Waals surface area contributed by atoms with E-state index in [2.05, 4.69) is 4.98 Å². The van der Waals surface area contributed by atoms with Crippen LogP contribution in [0.25, 0.3) is 0 Å². The van der Waals surface area contributed by atoms with Gasteiger partial charge in [-0.25, -0.2) is 13.8 Å². The maximum Gasteiger partial charge on any atom is 0.254 e. The molecule has 0 spiro atoms. The number of hydrogen-bond donors (Lipinski definition) is 0. The fraction of sp³-hybridized carbons (Fsp3) is 0.200. The zero-order valence-corrected chi connectivity index (χ0v) is 12.3. The van der Waals surface area contributed by atoms with E-state index in [1.165, 1.54) is 17.0 Å². The monoisotopic (exact) mass is 310 g/mol. The van der Waals surface area contributed by atoms with Crippen molar-refractivity contribution in [3.63, 3.8) is 0 Å². The van der Waals surface area contributed by atoms with Gasteiger partial charge in [-0.05, 0) is 36.8 Å². The summed E-state index contributed by atoms with van der Waals surface area (Å²) in [7, 11) is 1.58. The highest BCUT2D eigenvalue weighted by atomic mass is 35.5. The first-order valence-corrected chi connectivity index (χ1v) is 6.58. The highest BCUT2D eigenvalue weighted by Gasteiger charge is 2.14. The number of amides is 1. The summed E-state index contributed by atoms with van der Waals surface area (Å²) in [5.74, 6) is -2.12. The van der Waals surface area contributed by atoms with Crippen LogP contribution in [0.2, 0.25) is 5.15 Å². The summed E-state index contributed by atoms with van der Waals surface area (Å²) in [6, 6.07) is 6.64. The quantitative estimate of drug-likeness (QED) is 0.812.